The first-order valence-electron chi connectivity index (χ1n) is 10.1. The molecule has 0 unspecified atom stereocenters. The van der Waals surface area contributed by atoms with Crippen LogP contribution in [0.15, 0.2) is 55.0 Å². The summed E-state index contributed by atoms with van der Waals surface area (Å²) in [7, 11) is 3.99. The highest BCUT2D eigenvalue weighted by Crippen LogP contribution is 2.40. The summed E-state index contributed by atoms with van der Waals surface area (Å²) in [6, 6.07) is 11.9. The van der Waals surface area contributed by atoms with Crippen LogP contribution >= 0.6 is 0 Å². The van der Waals surface area contributed by atoms with E-state index in [-0.39, 0.29) is 5.91 Å². The number of amides is 1. The molecule has 0 bridgehead atoms. The Bertz CT molecular complexity index is 1040. The number of hydrogen-bond acceptors (Lipinski definition) is 4. The number of carbonyl (C=O) groups excluding carboxylic acids is 1. The van der Waals surface area contributed by atoms with Crippen LogP contribution in [0.2, 0.25) is 0 Å². The number of benzene rings is 1. The summed E-state index contributed by atoms with van der Waals surface area (Å²) in [5, 5.41) is 0. The van der Waals surface area contributed by atoms with Gasteiger partial charge in [0, 0.05) is 68.9 Å². The molecule has 6 nitrogen and oxygen atoms in total. The summed E-state index contributed by atoms with van der Waals surface area (Å²) < 4.78 is 2.33. The number of aromatic nitrogens is 3. The predicted octanol–water partition coefficient (Wildman–Crippen LogP) is 3.27. The molecule has 0 aliphatic carbocycles. The van der Waals surface area contributed by atoms with Crippen molar-refractivity contribution in [2.45, 2.75) is 18.9 Å². The maximum atomic E-state index is 13.2. The minimum atomic E-state index is 0.121. The van der Waals surface area contributed by atoms with Crippen molar-refractivity contribution in [2.75, 3.05) is 32.1 Å². The van der Waals surface area contributed by atoms with Crippen LogP contribution in [0.3, 0.4) is 0 Å². The second kappa shape index (κ2) is 7.03. The van der Waals surface area contributed by atoms with Crippen molar-refractivity contribution in [1.29, 1.82) is 0 Å². The highest BCUT2D eigenvalue weighted by Gasteiger charge is 2.41. The molecule has 2 aromatic heterocycles. The zero-order chi connectivity index (χ0) is 20.0. The highest BCUT2D eigenvalue weighted by atomic mass is 16.2. The van der Waals surface area contributed by atoms with Gasteiger partial charge < -0.3 is 14.4 Å². The van der Waals surface area contributed by atoms with E-state index in [1.807, 2.05) is 78.9 Å². The number of hydrogen-bond donors (Lipinski definition) is 0. The Morgan fingerprint density at radius 2 is 1.97 bits per heavy atom. The largest absolute Gasteiger partial charge is 0.378 e. The van der Waals surface area contributed by atoms with Gasteiger partial charge in [-0.25, -0.2) is 4.98 Å². The van der Waals surface area contributed by atoms with Gasteiger partial charge in [0.05, 0.1) is 11.9 Å². The van der Waals surface area contributed by atoms with Crippen LogP contribution in [-0.4, -0.2) is 52.5 Å². The molecular formula is C23H25N5O. The second-order valence-corrected chi connectivity index (χ2v) is 8.20. The number of carbonyl (C=O) groups is 1. The lowest BCUT2D eigenvalue weighted by Gasteiger charge is -2.26. The zero-order valence-corrected chi connectivity index (χ0v) is 16.8. The van der Waals surface area contributed by atoms with Crippen LogP contribution in [0.1, 0.15) is 28.5 Å². The molecule has 0 radical (unpaired) electrons. The van der Waals surface area contributed by atoms with Crippen LogP contribution in [0, 0.1) is 5.92 Å². The first kappa shape index (κ1) is 17.9. The third-order valence-electron chi connectivity index (χ3n) is 6.26. The second-order valence-electron chi connectivity index (χ2n) is 8.20. The Labute approximate surface area is 170 Å². The van der Waals surface area contributed by atoms with Crippen molar-refractivity contribution in [3.63, 3.8) is 0 Å². The van der Waals surface area contributed by atoms with Gasteiger partial charge in [0.15, 0.2) is 0 Å². The Kier molecular flexibility index (Phi) is 4.34. The van der Waals surface area contributed by atoms with E-state index in [0.717, 1.165) is 54.4 Å². The van der Waals surface area contributed by atoms with Crippen molar-refractivity contribution < 1.29 is 4.79 Å². The normalized spacial score (nSPS) is 20.3. The smallest absolute Gasteiger partial charge is 0.253 e. The number of nitrogens with zero attached hydrogens (tertiary/aromatic N) is 5. The van der Waals surface area contributed by atoms with Crippen molar-refractivity contribution >= 4 is 11.6 Å². The van der Waals surface area contributed by atoms with E-state index in [9.17, 15) is 4.79 Å². The quantitative estimate of drug-likeness (QED) is 0.692. The van der Waals surface area contributed by atoms with Crippen LogP contribution in [-0.2, 0) is 6.54 Å². The van der Waals surface area contributed by atoms with Gasteiger partial charge in [0.1, 0.15) is 5.82 Å². The lowest BCUT2D eigenvalue weighted by atomic mass is 9.89. The molecule has 3 aromatic rings. The van der Waals surface area contributed by atoms with Crippen molar-refractivity contribution in [3.05, 3.63) is 66.4 Å². The molecule has 5 rings (SSSR count). The monoisotopic (exact) mass is 387 g/mol. The summed E-state index contributed by atoms with van der Waals surface area (Å²) in [6.45, 7) is 2.50. The van der Waals surface area contributed by atoms with Crippen molar-refractivity contribution in [3.8, 4) is 11.3 Å². The first-order chi connectivity index (χ1) is 14.1. The maximum absolute atomic E-state index is 13.2. The summed E-state index contributed by atoms with van der Waals surface area (Å²) in [5.74, 6) is 2.03. The summed E-state index contributed by atoms with van der Waals surface area (Å²) in [5.41, 5.74) is 4.09. The number of fused-ring (bicyclic) bond motifs is 3. The lowest BCUT2D eigenvalue weighted by molar-refractivity contribution is 0.0786. The van der Waals surface area contributed by atoms with E-state index in [0.29, 0.717) is 11.8 Å². The molecule has 2 aliphatic heterocycles. The molecule has 6 heteroatoms. The summed E-state index contributed by atoms with van der Waals surface area (Å²) in [4.78, 5) is 26.1. The minimum Gasteiger partial charge on any atom is -0.378 e. The molecule has 4 heterocycles. The molecule has 1 aromatic carbocycles. The first-order valence-corrected chi connectivity index (χ1v) is 10.1. The maximum Gasteiger partial charge on any atom is 0.253 e. The standard InChI is InChI=1S/C23H25N5O/c1-26(2)19-5-3-4-17(12-19)23(29)27-14-18-8-11-28-21(16-6-9-24-10-7-16)13-25-22(28)20(18)15-27/h3-7,9-10,12-13,18,20H,8,11,14-15H2,1-2H3/t18-,20+/m0/s1. The average Bonchev–Trinajstić information content (AvgIpc) is 3.38. The highest BCUT2D eigenvalue weighted by molar-refractivity contribution is 5.95. The number of rotatable bonds is 3. The van der Waals surface area contributed by atoms with Gasteiger partial charge in [-0.05, 0) is 42.7 Å². The van der Waals surface area contributed by atoms with Gasteiger partial charge in [-0.2, -0.15) is 0 Å². The van der Waals surface area contributed by atoms with E-state index in [4.69, 9.17) is 4.98 Å². The molecule has 0 saturated carbocycles. The Balaban J connectivity index is 1.40. The Morgan fingerprint density at radius 3 is 2.76 bits per heavy atom. The summed E-state index contributed by atoms with van der Waals surface area (Å²) in [6.07, 6.45) is 6.68. The number of imidazole rings is 1. The van der Waals surface area contributed by atoms with Crippen molar-refractivity contribution in [1.82, 2.24) is 19.4 Å². The van der Waals surface area contributed by atoms with E-state index in [1.165, 1.54) is 0 Å². The molecule has 1 saturated heterocycles. The number of likely N-dealkylation sites (tertiary alicyclic amines) is 1. The number of anilines is 1. The Morgan fingerprint density at radius 1 is 1.14 bits per heavy atom. The van der Waals surface area contributed by atoms with Crippen LogP contribution < -0.4 is 4.90 Å². The third-order valence-corrected chi connectivity index (χ3v) is 6.26. The molecule has 148 valence electrons. The van der Waals surface area contributed by atoms with E-state index in [1.54, 1.807) is 0 Å². The lowest BCUT2D eigenvalue weighted by Crippen LogP contribution is -2.29. The van der Waals surface area contributed by atoms with Gasteiger partial charge in [0.25, 0.3) is 5.91 Å². The molecule has 0 spiro atoms. The zero-order valence-electron chi connectivity index (χ0n) is 16.8. The van der Waals surface area contributed by atoms with Gasteiger partial charge in [0.2, 0.25) is 0 Å². The number of pyridine rings is 1. The molecule has 0 N–H and O–H groups in total. The molecule has 29 heavy (non-hydrogen) atoms. The van der Waals surface area contributed by atoms with Gasteiger partial charge in [-0.1, -0.05) is 6.07 Å². The van der Waals surface area contributed by atoms with E-state index < -0.39 is 0 Å². The van der Waals surface area contributed by atoms with Crippen molar-refractivity contribution in [2.24, 2.45) is 5.92 Å². The molecule has 2 aliphatic rings. The van der Waals surface area contributed by atoms with Gasteiger partial charge in [-0.15, -0.1) is 0 Å². The molecule has 1 fully saturated rings. The van der Waals surface area contributed by atoms with Gasteiger partial charge in [-0.3, -0.25) is 9.78 Å². The average molecular weight is 387 g/mol. The third kappa shape index (κ3) is 3.09. The fourth-order valence-electron chi connectivity index (χ4n) is 4.69. The minimum absolute atomic E-state index is 0.121. The molecule has 1 amide bonds. The fraction of sp³-hybridized carbons (Fsp3) is 0.348. The SMILES string of the molecule is CN(C)c1cccc(C(=O)N2C[C@@H]3CCn4c(-c5ccncc5)cnc4[C@@H]3C2)c1. The molecule has 2 atom stereocenters. The van der Waals surface area contributed by atoms with Crippen LogP contribution in [0.25, 0.3) is 11.3 Å². The van der Waals surface area contributed by atoms with E-state index >= 15 is 0 Å². The van der Waals surface area contributed by atoms with Crippen LogP contribution in [0.5, 0.6) is 0 Å². The molecular weight excluding hydrogens is 362 g/mol. The predicted molar refractivity (Wildman–Crippen MR) is 113 cm³/mol. The topological polar surface area (TPSA) is 54.3 Å². The van der Waals surface area contributed by atoms with Gasteiger partial charge >= 0.3 is 0 Å². The van der Waals surface area contributed by atoms with E-state index in [2.05, 4.69) is 9.55 Å². The van der Waals surface area contributed by atoms with Crippen LogP contribution in [0.4, 0.5) is 5.69 Å². The Hall–Kier alpha value is -3.15. The summed E-state index contributed by atoms with van der Waals surface area (Å²) >= 11 is 0. The fourth-order valence-corrected chi connectivity index (χ4v) is 4.69.